The lowest BCUT2D eigenvalue weighted by Gasteiger charge is -2.21. The summed E-state index contributed by atoms with van der Waals surface area (Å²) >= 11 is 0. The van der Waals surface area contributed by atoms with Gasteiger partial charge in [-0.1, -0.05) is 45.4 Å². The van der Waals surface area contributed by atoms with Crippen LogP contribution in [-0.2, 0) is 4.74 Å². The first-order valence-electron chi connectivity index (χ1n) is 8.16. The van der Waals surface area contributed by atoms with Crippen LogP contribution < -0.4 is 5.32 Å². The number of rotatable bonds is 6. The van der Waals surface area contributed by atoms with E-state index in [1.54, 1.807) is 6.07 Å². The van der Waals surface area contributed by atoms with Crippen LogP contribution in [-0.4, -0.2) is 19.6 Å². The molecule has 1 saturated carbocycles. The van der Waals surface area contributed by atoms with Gasteiger partial charge in [-0.15, -0.1) is 0 Å². The number of methoxy groups -OCH3 is 1. The van der Waals surface area contributed by atoms with E-state index < -0.39 is 5.97 Å². The van der Waals surface area contributed by atoms with Crippen LogP contribution in [0.1, 0.15) is 74.2 Å². The summed E-state index contributed by atoms with van der Waals surface area (Å²) in [6, 6.07) is 3.80. The standard InChI is InChI=1S/C17H27NO3/c1-3-18-14(12-13-8-6-4-5-7-9-13)15-10-11-16(21-15)17(19)20-2/h10-11,13-14,18H,3-9,12H2,1-2H3. The largest absolute Gasteiger partial charge is 0.463 e. The number of carbonyl (C=O) groups is 1. The highest BCUT2D eigenvalue weighted by Crippen LogP contribution is 2.31. The van der Waals surface area contributed by atoms with E-state index in [0.717, 1.165) is 24.6 Å². The highest BCUT2D eigenvalue weighted by molar-refractivity contribution is 5.86. The van der Waals surface area contributed by atoms with Crippen LogP contribution in [0.25, 0.3) is 0 Å². The number of furan rings is 1. The molecule has 1 aromatic heterocycles. The van der Waals surface area contributed by atoms with Gasteiger partial charge in [0.25, 0.3) is 0 Å². The number of hydrogen-bond donors (Lipinski definition) is 1. The van der Waals surface area contributed by atoms with Crippen molar-refractivity contribution in [2.75, 3.05) is 13.7 Å². The van der Waals surface area contributed by atoms with E-state index in [1.807, 2.05) is 6.07 Å². The number of hydrogen-bond acceptors (Lipinski definition) is 4. The minimum absolute atomic E-state index is 0.191. The fourth-order valence-corrected chi connectivity index (χ4v) is 3.23. The van der Waals surface area contributed by atoms with Crippen molar-refractivity contribution in [3.63, 3.8) is 0 Å². The van der Waals surface area contributed by atoms with Crippen LogP contribution in [0.15, 0.2) is 16.5 Å². The van der Waals surface area contributed by atoms with Gasteiger partial charge in [-0.05, 0) is 31.0 Å². The molecule has 1 aromatic rings. The monoisotopic (exact) mass is 293 g/mol. The molecule has 0 aliphatic heterocycles. The summed E-state index contributed by atoms with van der Waals surface area (Å²) in [6.45, 7) is 3.00. The number of carbonyl (C=O) groups excluding carboxylic acids is 1. The second-order valence-corrected chi connectivity index (χ2v) is 5.90. The highest BCUT2D eigenvalue weighted by atomic mass is 16.5. The molecule has 0 aromatic carbocycles. The van der Waals surface area contributed by atoms with E-state index in [9.17, 15) is 4.79 Å². The Labute approximate surface area is 127 Å². The molecule has 0 amide bonds. The highest BCUT2D eigenvalue weighted by Gasteiger charge is 2.22. The van der Waals surface area contributed by atoms with Gasteiger partial charge in [0.2, 0.25) is 5.76 Å². The Bertz CT molecular complexity index is 433. The smallest absolute Gasteiger partial charge is 0.373 e. The zero-order valence-corrected chi connectivity index (χ0v) is 13.2. The predicted octanol–water partition coefficient (Wildman–Crippen LogP) is 4.08. The molecule has 1 atom stereocenters. The van der Waals surface area contributed by atoms with Gasteiger partial charge in [-0.25, -0.2) is 4.79 Å². The van der Waals surface area contributed by atoms with Crippen molar-refractivity contribution in [2.45, 2.75) is 57.9 Å². The van der Waals surface area contributed by atoms with Gasteiger partial charge in [-0.2, -0.15) is 0 Å². The summed E-state index contributed by atoms with van der Waals surface area (Å²) in [5, 5.41) is 3.49. The minimum Gasteiger partial charge on any atom is -0.463 e. The van der Waals surface area contributed by atoms with Gasteiger partial charge in [0, 0.05) is 0 Å². The quantitative estimate of drug-likeness (QED) is 0.634. The van der Waals surface area contributed by atoms with E-state index in [1.165, 1.54) is 45.6 Å². The normalized spacial score (nSPS) is 18.2. The fourth-order valence-electron chi connectivity index (χ4n) is 3.23. The van der Waals surface area contributed by atoms with Gasteiger partial charge in [0.1, 0.15) is 5.76 Å². The SMILES string of the molecule is CCNC(CC1CCCCCC1)c1ccc(C(=O)OC)o1. The van der Waals surface area contributed by atoms with Gasteiger partial charge < -0.3 is 14.5 Å². The van der Waals surface area contributed by atoms with E-state index in [0.29, 0.717) is 0 Å². The summed E-state index contributed by atoms with van der Waals surface area (Å²) in [7, 11) is 1.37. The third-order valence-corrected chi connectivity index (χ3v) is 4.35. The molecule has 1 aliphatic rings. The Morgan fingerprint density at radius 3 is 2.67 bits per heavy atom. The molecule has 2 rings (SSSR count). The molecule has 1 fully saturated rings. The molecule has 1 heterocycles. The molecule has 4 nitrogen and oxygen atoms in total. The van der Waals surface area contributed by atoms with Crippen LogP contribution in [0.3, 0.4) is 0 Å². The lowest BCUT2D eigenvalue weighted by atomic mass is 9.91. The van der Waals surface area contributed by atoms with Crippen molar-refractivity contribution in [1.82, 2.24) is 5.32 Å². The molecule has 1 unspecified atom stereocenters. The van der Waals surface area contributed by atoms with E-state index in [2.05, 4.69) is 12.2 Å². The summed E-state index contributed by atoms with van der Waals surface area (Å²) < 4.78 is 10.4. The van der Waals surface area contributed by atoms with Crippen LogP contribution in [0.5, 0.6) is 0 Å². The minimum atomic E-state index is -0.411. The topological polar surface area (TPSA) is 51.5 Å². The van der Waals surface area contributed by atoms with Gasteiger partial charge in [0.15, 0.2) is 0 Å². The second kappa shape index (κ2) is 8.23. The summed E-state index contributed by atoms with van der Waals surface area (Å²) in [5.74, 6) is 1.48. The average molecular weight is 293 g/mol. The van der Waals surface area contributed by atoms with Crippen LogP contribution in [0.2, 0.25) is 0 Å². The molecule has 1 N–H and O–H groups in total. The van der Waals surface area contributed by atoms with Crippen LogP contribution in [0, 0.1) is 5.92 Å². The molecule has 4 heteroatoms. The van der Waals surface area contributed by atoms with Gasteiger partial charge in [0.05, 0.1) is 13.2 Å². The lowest BCUT2D eigenvalue weighted by Crippen LogP contribution is -2.23. The first-order valence-corrected chi connectivity index (χ1v) is 8.16. The Morgan fingerprint density at radius 1 is 1.33 bits per heavy atom. The van der Waals surface area contributed by atoms with Crippen LogP contribution in [0.4, 0.5) is 0 Å². The van der Waals surface area contributed by atoms with E-state index in [4.69, 9.17) is 9.15 Å². The van der Waals surface area contributed by atoms with E-state index >= 15 is 0 Å². The number of nitrogens with one attached hydrogen (secondary N) is 1. The average Bonchev–Trinajstić information content (AvgIpc) is 2.85. The van der Waals surface area contributed by atoms with Crippen LogP contribution >= 0.6 is 0 Å². The van der Waals surface area contributed by atoms with Crippen molar-refractivity contribution >= 4 is 5.97 Å². The molecule has 0 radical (unpaired) electrons. The zero-order chi connectivity index (χ0) is 15.1. The fraction of sp³-hybridized carbons (Fsp3) is 0.706. The molecular formula is C17H27NO3. The molecule has 0 bridgehead atoms. The van der Waals surface area contributed by atoms with E-state index in [-0.39, 0.29) is 11.8 Å². The van der Waals surface area contributed by atoms with Crippen molar-refractivity contribution in [3.8, 4) is 0 Å². The predicted molar refractivity (Wildman–Crippen MR) is 82.3 cm³/mol. The third-order valence-electron chi connectivity index (χ3n) is 4.35. The zero-order valence-electron chi connectivity index (χ0n) is 13.2. The van der Waals surface area contributed by atoms with Crippen molar-refractivity contribution in [1.29, 1.82) is 0 Å². The summed E-state index contributed by atoms with van der Waals surface area (Å²) in [4.78, 5) is 11.5. The molecule has 21 heavy (non-hydrogen) atoms. The van der Waals surface area contributed by atoms with Crippen molar-refractivity contribution < 1.29 is 13.9 Å². The summed E-state index contributed by atoms with van der Waals surface area (Å²) in [6.07, 6.45) is 9.14. The maximum atomic E-state index is 11.5. The molecule has 118 valence electrons. The van der Waals surface area contributed by atoms with Gasteiger partial charge >= 0.3 is 5.97 Å². The van der Waals surface area contributed by atoms with Crippen molar-refractivity contribution in [2.24, 2.45) is 5.92 Å². The molecule has 1 aliphatic carbocycles. The molecule has 0 saturated heterocycles. The number of ether oxygens (including phenoxy) is 1. The van der Waals surface area contributed by atoms with Gasteiger partial charge in [-0.3, -0.25) is 0 Å². The lowest BCUT2D eigenvalue weighted by molar-refractivity contribution is 0.0561. The first kappa shape index (κ1) is 16.1. The maximum Gasteiger partial charge on any atom is 0.373 e. The Kier molecular flexibility index (Phi) is 6.30. The molecular weight excluding hydrogens is 266 g/mol. The third kappa shape index (κ3) is 4.60. The second-order valence-electron chi connectivity index (χ2n) is 5.90. The maximum absolute atomic E-state index is 11.5. The Morgan fingerprint density at radius 2 is 2.05 bits per heavy atom. The molecule has 0 spiro atoms. The Hall–Kier alpha value is -1.29. The summed E-state index contributed by atoms with van der Waals surface area (Å²) in [5.41, 5.74) is 0. The number of esters is 1. The Balaban J connectivity index is 2.03. The first-order chi connectivity index (χ1) is 10.2. The van der Waals surface area contributed by atoms with Crippen molar-refractivity contribution in [3.05, 3.63) is 23.7 Å².